The zero-order valence-corrected chi connectivity index (χ0v) is 20.3. The van der Waals surface area contributed by atoms with Gasteiger partial charge in [0.2, 0.25) is 5.88 Å². The van der Waals surface area contributed by atoms with Gasteiger partial charge in [-0.25, -0.2) is 14.4 Å². The molecule has 188 valence electrons. The number of halogens is 1. The molecule has 1 aliphatic rings. The minimum atomic E-state index is -0.525. The van der Waals surface area contributed by atoms with Crippen LogP contribution in [0.5, 0.6) is 5.88 Å². The Labute approximate surface area is 208 Å². The normalized spacial score (nSPS) is 18.5. The lowest BCUT2D eigenvalue weighted by Gasteiger charge is -2.37. The first-order valence-corrected chi connectivity index (χ1v) is 11.6. The number of carbonyl (C=O) groups excluding carboxylic acids is 2. The number of likely N-dealkylation sites (N-methyl/N-ethyl adjacent to an activating group) is 1. The second-order valence-corrected chi connectivity index (χ2v) is 8.96. The van der Waals surface area contributed by atoms with E-state index in [9.17, 15) is 19.1 Å². The summed E-state index contributed by atoms with van der Waals surface area (Å²) < 4.78 is 20.7. The number of ether oxygens (including phenoxy) is 1. The van der Waals surface area contributed by atoms with Crippen molar-refractivity contribution in [3.8, 4) is 17.0 Å². The van der Waals surface area contributed by atoms with Crippen molar-refractivity contribution in [2.45, 2.75) is 26.0 Å². The number of nitrogens with zero attached hydrogens (tertiary/aromatic N) is 5. The topological polar surface area (TPSA) is 109 Å². The van der Waals surface area contributed by atoms with Gasteiger partial charge >= 0.3 is 0 Å². The smallest absolute Gasteiger partial charge is 0.273 e. The van der Waals surface area contributed by atoms with Gasteiger partial charge in [0.1, 0.15) is 23.2 Å². The summed E-state index contributed by atoms with van der Waals surface area (Å²) in [6.45, 7) is 3.91. The number of hydrogen-bond acceptors (Lipinski definition) is 7. The van der Waals surface area contributed by atoms with E-state index in [-0.39, 0.29) is 54.6 Å². The summed E-state index contributed by atoms with van der Waals surface area (Å²) in [6, 6.07) is 7.33. The average Bonchev–Trinajstić information content (AvgIpc) is 2.90. The van der Waals surface area contributed by atoms with Gasteiger partial charge in [0.25, 0.3) is 11.8 Å². The summed E-state index contributed by atoms with van der Waals surface area (Å²) in [4.78, 5) is 41.8. The first-order valence-electron chi connectivity index (χ1n) is 11.6. The molecule has 3 aromatic rings. The molecule has 0 fully saturated rings. The molecule has 0 spiro atoms. The Balaban J connectivity index is 1.70. The van der Waals surface area contributed by atoms with Crippen LogP contribution in [0, 0.1) is 11.7 Å². The number of fused-ring (bicyclic) bond motifs is 1. The molecule has 1 N–H and O–H groups in total. The highest BCUT2D eigenvalue weighted by atomic mass is 19.1. The van der Waals surface area contributed by atoms with Crippen molar-refractivity contribution >= 4 is 11.8 Å². The van der Waals surface area contributed by atoms with Crippen molar-refractivity contribution in [2.24, 2.45) is 5.92 Å². The molecule has 0 saturated heterocycles. The lowest BCUT2D eigenvalue weighted by Crippen LogP contribution is -2.50. The van der Waals surface area contributed by atoms with Gasteiger partial charge in [-0.2, -0.15) is 0 Å². The lowest BCUT2D eigenvalue weighted by atomic mass is 9.99. The maximum atomic E-state index is 14.4. The van der Waals surface area contributed by atoms with E-state index in [0.717, 1.165) is 0 Å². The molecule has 1 aliphatic heterocycles. The van der Waals surface area contributed by atoms with Crippen LogP contribution in [-0.4, -0.2) is 80.6 Å². The van der Waals surface area contributed by atoms with Crippen molar-refractivity contribution in [1.82, 2.24) is 24.8 Å². The molecule has 9 nitrogen and oxygen atoms in total. The van der Waals surface area contributed by atoms with E-state index in [2.05, 4.69) is 15.0 Å². The Morgan fingerprint density at radius 2 is 2.03 bits per heavy atom. The molecule has 3 heterocycles. The van der Waals surface area contributed by atoms with Crippen LogP contribution in [0.2, 0.25) is 0 Å². The molecule has 3 atom stereocenters. The highest BCUT2D eigenvalue weighted by Crippen LogP contribution is 2.31. The molecule has 2 amide bonds. The predicted molar refractivity (Wildman–Crippen MR) is 130 cm³/mol. The van der Waals surface area contributed by atoms with Crippen LogP contribution in [0.25, 0.3) is 11.1 Å². The first-order chi connectivity index (χ1) is 17.3. The van der Waals surface area contributed by atoms with Crippen molar-refractivity contribution in [3.05, 3.63) is 72.2 Å². The SMILES string of the molecule is C[C@H](CO)N1C[C@H](C)[C@@H](CN(C)C(=O)c2cnccn2)Oc2ncc(-c3ccccc3F)cc2C1=O. The van der Waals surface area contributed by atoms with Crippen LogP contribution < -0.4 is 4.74 Å². The Hall–Kier alpha value is -3.92. The molecule has 0 aliphatic carbocycles. The minimum Gasteiger partial charge on any atom is -0.472 e. The second-order valence-electron chi connectivity index (χ2n) is 8.96. The highest BCUT2D eigenvalue weighted by molar-refractivity contribution is 5.98. The van der Waals surface area contributed by atoms with Gasteiger partial charge in [-0.15, -0.1) is 0 Å². The summed E-state index contributed by atoms with van der Waals surface area (Å²) in [5.41, 5.74) is 1.11. The Bertz CT molecular complexity index is 1240. The van der Waals surface area contributed by atoms with Crippen LogP contribution in [0.4, 0.5) is 4.39 Å². The average molecular weight is 494 g/mol. The Morgan fingerprint density at radius 3 is 2.72 bits per heavy atom. The highest BCUT2D eigenvalue weighted by Gasteiger charge is 2.35. The van der Waals surface area contributed by atoms with Gasteiger partial charge in [0.05, 0.1) is 25.4 Å². The number of amides is 2. The number of pyridine rings is 1. The van der Waals surface area contributed by atoms with Crippen molar-refractivity contribution in [2.75, 3.05) is 26.7 Å². The molecular formula is C26H28FN5O4. The zero-order valence-electron chi connectivity index (χ0n) is 20.3. The molecule has 0 bridgehead atoms. The van der Waals surface area contributed by atoms with Gasteiger partial charge < -0.3 is 19.6 Å². The number of carbonyl (C=O) groups is 2. The van der Waals surface area contributed by atoms with Crippen molar-refractivity contribution in [1.29, 1.82) is 0 Å². The zero-order chi connectivity index (χ0) is 25.8. The molecule has 4 rings (SSSR count). The third-order valence-corrected chi connectivity index (χ3v) is 6.29. The van der Waals surface area contributed by atoms with Crippen LogP contribution in [0.3, 0.4) is 0 Å². The van der Waals surface area contributed by atoms with E-state index in [0.29, 0.717) is 11.1 Å². The monoisotopic (exact) mass is 493 g/mol. The van der Waals surface area contributed by atoms with Crippen molar-refractivity contribution in [3.63, 3.8) is 0 Å². The summed E-state index contributed by atoms with van der Waals surface area (Å²) >= 11 is 0. The van der Waals surface area contributed by atoms with Gasteiger partial charge in [-0.05, 0) is 19.1 Å². The Kier molecular flexibility index (Phi) is 7.54. The quantitative estimate of drug-likeness (QED) is 0.562. The maximum Gasteiger partial charge on any atom is 0.273 e. The number of aliphatic hydroxyl groups is 1. The summed E-state index contributed by atoms with van der Waals surface area (Å²) in [7, 11) is 1.64. The van der Waals surface area contributed by atoms with E-state index in [1.165, 1.54) is 35.8 Å². The third-order valence-electron chi connectivity index (χ3n) is 6.29. The summed E-state index contributed by atoms with van der Waals surface area (Å²) in [6.07, 6.45) is 5.27. The fraction of sp³-hybridized carbons (Fsp3) is 0.346. The van der Waals surface area contributed by atoms with Crippen LogP contribution in [0.15, 0.2) is 55.1 Å². The molecule has 0 saturated carbocycles. The molecular weight excluding hydrogens is 465 g/mol. The molecule has 36 heavy (non-hydrogen) atoms. The van der Waals surface area contributed by atoms with E-state index in [1.807, 2.05) is 6.92 Å². The number of benzene rings is 1. The minimum absolute atomic E-state index is 0.0899. The molecule has 0 unspecified atom stereocenters. The van der Waals surface area contributed by atoms with E-state index in [4.69, 9.17) is 4.74 Å². The number of aliphatic hydroxyl groups excluding tert-OH is 1. The van der Waals surface area contributed by atoms with Crippen LogP contribution >= 0.6 is 0 Å². The van der Waals surface area contributed by atoms with Crippen LogP contribution in [-0.2, 0) is 0 Å². The van der Waals surface area contributed by atoms with Gasteiger partial charge in [-0.3, -0.25) is 14.6 Å². The summed E-state index contributed by atoms with van der Waals surface area (Å²) in [5.74, 6) is -1.24. The molecule has 1 aromatic carbocycles. The first kappa shape index (κ1) is 25.2. The van der Waals surface area contributed by atoms with Gasteiger partial charge in [0.15, 0.2) is 0 Å². The standard InChI is InChI=1S/C26H28FN5O4/c1-16-13-32(17(2)15-33)25(34)20-10-18(19-6-4-5-7-21(19)27)11-30-24(20)36-23(16)14-31(3)26(35)22-12-28-8-9-29-22/h4-12,16-17,23,33H,13-15H2,1-3H3/t16-,17+,23+/m0/s1. The largest absolute Gasteiger partial charge is 0.472 e. The van der Waals surface area contributed by atoms with Gasteiger partial charge in [0, 0.05) is 49.2 Å². The fourth-order valence-corrected chi connectivity index (χ4v) is 4.12. The number of hydrogen-bond donors (Lipinski definition) is 1. The van der Waals surface area contributed by atoms with E-state index < -0.39 is 18.0 Å². The molecule has 10 heteroatoms. The van der Waals surface area contributed by atoms with E-state index >= 15 is 0 Å². The second kappa shape index (κ2) is 10.8. The van der Waals surface area contributed by atoms with E-state index in [1.54, 1.807) is 43.1 Å². The lowest BCUT2D eigenvalue weighted by molar-refractivity contribution is 0.0312. The predicted octanol–water partition coefficient (Wildman–Crippen LogP) is 2.67. The third kappa shape index (κ3) is 5.18. The molecule has 2 aromatic heterocycles. The van der Waals surface area contributed by atoms with Crippen molar-refractivity contribution < 1.29 is 23.8 Å². The number of aromatic nitrogens is 3. The number of rotatable bonds is 6. The van der Waals surface area contributed by atoms with Gasteiger partial charge in [-0.1, -0.05) is 25.1 Å². The molecule has 0 radical (unpaired) electrons. The van der Waals surface area contributed by atoms with Crippen LogP contribution in [0.1, 0.15) is 34.7 Å². The maximum absolute atomic E-state index is 14.4. The Morgan fingerprint density at radius 1 is 1.25 bits per heavy atom. The fourth-order valence-electron chi connectivity index (χ4n) is 4.12. The summed E-state index contributed by atoms with van der Waals surface area (Å²) in [5, 5.41) is 9.82.